The van der Waals surface area contributed by atoms with Gasteiger partial charge in [0.15, 0.2) is 17.3 Å². The van der Waals surface area contributed by atoms with Crippen LogP contribution >= 0.6 is 111 Å². The monoisotopic (exact) mass is 934 g/mol. The smallest absolute Gasteiger partial charge is 0.333 e. The largest absolute Gasteiger partial charge is 0.461 e. The molecule has 0 aliphatic heterocycles. The summed E-state index contributed by atoms with van der Waals surface area (Å²) in [5.74, 6) is 1.36. The summed E-state index contributed by atoms with van der Waals surface area (Å²) in [6.07, 6.45) is 0. The van der Waals surface area contributed by atoms with E-state index in [1.165, 1.54) is 24.1 Å². The minimum atomic E-state index is -0.398. The Hall–Kier alpha value is -0.550. The number of carbonyl (C=O) groups excluding carboxylic acids is 3. The van der Waals surface area contributed by atoms with Gasteiger partial charge in [-0.3, -0.25) is 4.79 Å². The molecule has 0 aromatic heterocycles. The predicted molar refractivity (Wildman–Crippen MR) is 199 cm³/mol. The zero-order chi connectivity index (χ0) is 33.0. The van der Waals surface area contributed by atoms with E-state index in [-0.39, 0.29) is 28.2 Å². The number of hydrogen-bond acceptors (Lipinski definition) is 11. The molecule has 0 fully saturated rings. The molecule has 44 heavy (non-hydrogen) atoms. The van der Waals surface area contributed by atoms with Crippen molar-refractivity contribution in [1.29, 1.82) is 0 Å². The summed E-state index contributed by atoms with van der Waals surface area (Å²) in [4.78, 5) is 36.4. The van der Waals surface area contributed by atoms with Gasteiger partial charge in [-0.15, -0.1) is 23.5 Å². The van der Waals surface area contributed by atoms with Crippen LogP contribution in [0.25, 0.3) is 0 Å². The molecule has 0 heterocycles. The van der Waals surface area contributed by atoms with E-state index in [0.717, 1.165) is 0 Å². The topological polar surface area (TPSA) is 88.1 Å². The predicted octanol–water partition coefficient (Wildman–Crippen LogP) is 10.4. The third-order valence-corrected chi connectivity index (χ3v) is 11.5. The van der Waals surface area contributed by atoms with Gasteiger partial charge in [0, 0.05) is 33.8 Å². The van der Waals surface area contributed by atoms with Crippen LogP contribution in [0.4, 0.5) is 0 Å². The highest BCUT2D eigenvalue weighted by Crippen LogP contribution is 2.41. The molecular weight excluding hydrogens is 908 g/mol. The molecule has 240 valence electrons. The van der Waals surface area contributed by atoms with Crippen LogP contribution in [0, 0.1) is 0 Å². The molecule has 0 amide bonds. The lowest BCUT2D eigenvalue weighted by molar-refractivity contribution is -0.139. The standard InChI is InChI=1S/C29H30Br4O7S4/c1-15(2)28(35)37-7-9-41-17(5)43-39-26-21(30)11-19(12-22(26)31)25(34)20-13-23(32)27(24(33)14-20)40-44-18(6)42-10-8-38-29(36)16(3)4/h11-14,17-18H,1,3,7-10H2,2,4-6H3. The summed E-state index contributed by atoms with van der Waals surface area (Å²) in [7, 11) is 0. The van der Waals surface area contributed by atoms with E-state index in [9.17, 15) is 14.4 Å². The molecule has 0 N–H and O–H groups in total. The molecule has 0 aliphatic rings. The zero-order valence-electron chi connectivity index (χ0n) is 24.2. The summed E-state index contributed by atoms with van der Waals surface area (Å²) in [6, 6.07) is 6.86. The zero-order valence-corrected chi connectivity index (χ0v) is 33.8. The number of carbonyl (C=O) groups is 3. The molecule has 0 radical (unpaired) electrons. The molecule has 7 nitrogen and oxygen atoms in total. The van der Waals surface area contributed by atoms with Gasteiger partial charge in [-0.25, -0.2) is 9.59 Å². The Bertz CT molecular complexity index is 1240. The SMILES string of the molecule is C=C(C)C(=O)OCCSC(C)SOc1c(Br)cc(C(=O)c2cc(Br)c(OSC(C)SCCOC(=O)C(=C)C)c(Br)c2)cc1Br. The number of esters is 2. The van der Waals surface area contributed by atoms with Crippen LogP contribution in [0.1, 0.15) is 43.6 Å². The highest BCUT2D eigenvalue weighted by atomic mass is 79.9. The van der Waals surface area contributed by atoms with Crippen LogP contribution in [0.15, 0.2) is 66.5 Å². The maximum absolute atomic E-state index is 13.4. The molecule has 2 aromatic carbocycles. The number of ketones is 1. The average molecular weight is 938 g/mol. The van der Waals surface area contributed by atoms with Gasteiger partial charge >= 0.3 is 11.9 Å². The van der Waals surface area contributed by atoms with Crippen molar-refractivity contribution in [2.24, 2.45) is 0 Å². The summed E-state index contributed by atoms with van der Waals surface area (Å²) in [5, 5.41) is 0. The van der Waals surface area contributed by atoms with Gasteiger partial charge < -0.3 is 17.8 Å². The second kappa shape index (κ2) is 20.0. The van der Waals surface area contributed by atoms with E-state index >= 15 is 0 Å². The number of halogens is 4. The van der Waals surface area contributed by atoms with Crippen molar-refractivity contribution < 1.29 is 32.2 Å². The lowest BCUT2D eigenvalue weighted by atomic mass is 10.0. The van der Waals surface area contributed by atoms with Gasteiger partial charge in [0.2, 0.25) is 0 Å². The Balaban J connectivity index is 1.95. The van der Waals surface area contributed by atoms with Crippen LogP contribution in [-0.2, 0) is 19.1 Å². The molecule has 2 rings (SSSR count). The Morgan fingerprint density at radius 1 is 0.682 bits per heavy atom. The van der Waals surface area contributed by atoms with Crippen molar-refractivity contribution in [3.05, 3.63) is 77.6 Å². The van der Waals surface area contributed by atoms with E-state index < -0.39 is 11.9 Å². The van der Waals surface area contributed by atoms with Crippen molar-refractivity contribution in [1.82, 2.24) is 0 Å². The second-order valence-corrected chi connectivity index (χ2v) is 18.0. The highest BCUT2D eigenvalue weighted by molar-refractivity contribution is 9.11. The van der Waals surface area contributed by atoms with Gasteiger partial charge in [0.25, 0.3) is 0 Å². The quantitative estimate of drug-likeness (QED) is 0.0358. The fourth-order valence-electron chi connectivity index (χ4n) is 2.94. The van der Waals surface area contributed by atoms with Gasteiger partial charge in [0.05, 0.1) is 51.1 Å². The maximum Gasteiger partial charge on any atom is 0.333 e. The third-order valence-electron chi connectivity index (χ3n) is 5.09. The Morgan fingerprint density at radius 2 is 1.00 bits per heavy atom. The van der Waals surface area contributed by atoms with Crippen LogP contribution in [-0.4, -0.2) is 51.6 Å². The Labute approximate surface area is 309 Å². The average Bonchev–Trinajstić information content (AvgIpc) is 2.95. The van der Waals surface area contributed by atoms with Gasteiger partial charge in [-0.2, -0.15) is 0 Å². The van der Waals surface area contributed by atoms with Crippen molar-refractivity contribution in [2.75, 3.05) is 24.7 Å². The molecule has 2 unspecified atom stereocenters. The number of rotatable bonds is 18. The first-order valence-electron chi connectivity index (χ1n) is 12.8. The van der Waals surface area contributed by atoms with Crippen molar-refractivity contribution in [3.8, 4) is 11.5 Å². The number of thioether (sulfide) groups is 2. The molecular formula is C29H30Br4O7S4. The number of ether oxygens (including phenoxy) is 2. The lowest BCUT2D eigenvalue weighted by Gasteiger charge is -2.15. The molecule has 0 saturated carbocycles. The number of benzene rings is 2. The summed E-state index contributed by atoms with van der Waals surface area (Å²) in [5.41, 5.74) is 1.67. The maximum atomic E-state index is 13.4. The van der Waals surface area contributed by atoms with Crippen molar-refractivity contribution >= 4 is 129 Å². The van der Waals surface area contributed by atoms with Gasteiger partial charge in [0.1, 0.15) is 13.2 Å². The minimum Gasteiger partial charge on any atom is -0.461 e. The molecule has 0 spiro atoms. The van der Waals surface area contributed by atoms with Crippen LogP contribution in [0.3, 0.4) is 0 Å². The molecule has 0 bridgehead atoms. The van der Waals surface area contributed by atoms with E-state index in [2.05, 4.69) is 76.9 Å². The molecule has 0 aliphatic carbocycles. The Kier molecular flexibility index (Phi) is 18.0. The summed E-state index contributed by atoms with van der Waals surface area (Å²) in [6.45, 7) is 14.9. The first-order valence-corrected chi connectivity index (χ1v) is 19.7. The normalized spacial score (nSPS) is 12.2. The fraction of sp³-hybridized carbons (Fsp3) is 0.345. The highest BCUT2D eigenvalue weighted by Gasteiger charge is 2.20. The first-order chi connectivity index (χ1) is 20.7. The summed E-state index contributed by atoms with van der Waals surface area (Å²) >= 11 is 19.8. The van der Waals surface area contributed by atoms with Gasteiger partial charge in [-0.1, -0.05) is 13.2 Å². The van der Waals surface area contributed by atoms with Crippen molar-refractivity contribution in [2.45, 2.75) is 36.9 Å². The molecule has 15 heteroatoms. The van der Waals surface area contributed by atoms with Crippen molar-refractivity contribution in [3.63, 3.8) is 0 Å². The molecule has 0 saturated heterocycles. The third kappa shape index (κ3) is 13.3. The second-order valence-electron chi connectivity index (χ2n) is 8.94. The number of hydrogen-bond donors (Lipinski definition) is 0. The van der Waals surface area contributed by atoms with E-state index in [0.29, 0.717) is 63.2 Å². The van der Waals surface area contributed by atoms with Crippen LogP contribution in [0.5, 0.6) is 11.5 Å². The molecule has 2 aromatic rings. The van der Waals surface area contributed by atoms with E-state index in [4.69, 9.17) is 17.8 Å². The van der Waals surface area contributed by atoms with Crippen LogP contribution < -0.4 is 8.37 Å². The van der Waals surface area contributed by atoms with Gasteiger partial charge in [-0.05, 0) is 116 Å². The Morgan fingerprint density at radius 3 is 1.30 bits per heavy atom. The van der Waals surface area contributed by atoms with E-state index in [1.807, 2.05) is 13.8 Å². The molecule has 2 atom stereocenters. The lowest BCUT2D eigenvalue weighted by Crippen LogP contribution is -2.09. The first kappa shape index (κ1) is 39.6. The summed E-state index contributed by atoms with van der Waals surface area (Å²) < 4.78 is 24.7. The van der Waals surface area contributed by atoms with Crippen LogP contribution in [0.2, 0.25) is 0 Å². The van der Waals surface area contributed by atoms with E-state index in [1.54, 1.807) is 61.6 Å². The minimum absolute atomic E-state index is 0.0557. The fourth-order valence-corrected chi connectivity index (χ4v) is 9.17.